The third kappa shape index (κ3) is 6.51. The molecule has 1 heterocycles. The number of amides is 1. The zero-order valence-electron chi connectivity index (χ0n) is 17.0. The Morgan fingerprint density at radius 2 is 2.00 bits per heavy atom. The predicted octanol–water partition coefficient (Wildman–Crippen LogP) is 2.55. The second kappa shape index (κ2) is 11.1. The maximum Gasteiger partial charge on any atom is 0.221 e. The molecule has 3 rings (SSSR count). The van der Waals surface area contributed by atoms with E-state index in [4.69, 9.17) is 4.74 Å². The van der Waals surface area contributed by atoms with E-state index in [1.165, 1.54) is 18.4 Å². The molecule has 1 aliphatic carbocycles. The molecular formula is C22H34N4O2. The molecule has 0 radical (unpaired) electrons. The fourth-order valence-corrected chi connectivity index (χ4v) is 4.07. The largest absolute Gasteiger partial charge is 0.376 e. The molecule has 1 aromatic rings. The highest BCUT2D eigenvalue weighted by atomic mass is 16.5. The SMILES string of the molecule is CN=C(NCCC(=O)NC1CCCC1)N1CCC(COCc2ccccc2)C1. The lowest BCUT2D eigenvalue weighted by molar-refractivity contribution is -0.121. The van der Waals surface area contributed by atoms with Crippen LogP contribution in [0.5, 0.6) is 0 Å². The van der Waals surface area contributed by atoms with Crippen molar-refractivity contribution in [1.82, 2.24) is 15.5 Å². The van der Waals surface area contributed by atoms with Gasteiger partial charge in [-0.2, -0.15) is 0 Å². The van der Waals surface area contributed by atoms with Gasteiger partial charge in [0.25, 0.3) is 0 Å². The third-order valence-electron chi connectivity index (χ3n) is 5.62. The second-order valence-electron chi connectivity index (χ2n) is 7.87. The number of carbonyl (C=O) groups excluding carboxylic acids is 1. The topological polar surface area (TPSA) is 66.0 Å². The van der Waals surface area contributed by atoms with Crippen LogP contribution in [0.25, 0.3) is 0 Å². The fraction of sp³-hybridized carbons (Fsp3) is 0.636. The Hall–Kier alpha value is -2.08. The predicted molar refractivity (Wildman–Crippen MR) is 112 cm³/mol. The molecule has 1 amide bonds. The molecule has 1 saturated carbocycles. The molecule has 0 bridgehead atoms. The lowest BCUT2D eigenvalue weighted by atomic mass is 10.1. The number of likely N-dealkylation sites (tertiary alicyclic amines) is 1. The van der Waals surface area contributed by atoms with Crippen molar-refractivity contribution in [2.24, 2.45) is 10.9 Å². The van der Waals surface area contributed by atoms with E-state index < -0.39 is 0 Å². The van der Waals surface area contributed by atoms with Gasteiger partial charge in [0.05, 0.1) is 13.2 Å². The number of hydrogen-bond donors (Lipinski definition) is 2. The van der Waals surface area contributed by atoms with Crippen molar-refractivity contribution in [2.75, 3.05) is 33.3 Å². The summed E-state index contributed by atoms with van der Waals surface area (Å²) in [6, 6.07) is 10.7. The minimum Gasteiger partial charge on any atom is -0.376 e. The number of hydrogen-bond acceptors (Lipinski definition) is 3. The number of aliphatic imine (C=N–C) groups is 1. The highest BCUT2D eigenvalue weighted by Gasteiger charge is 2.25. The summed E-state index contributed by atoms with van der Waals surface area (Å²) in [4.78, 5) is 18.7. The molecular weight excluding hydrogens is 352 g/mol. The van der Waals surface area contributed by atoms with Crippen LogP contribution in [0.15, 0.2) is 35.3 Å². The van der Waals surface area contributed by atoms with Crippen molar-refractivity contribution >= 4 is 11.9 Å². The molecule has 0 aromatic heterocycles. The smallest absolute Gasteiger partial charge is 0.221 e. The van der Waals surface area contributed by atoms with Crippen LogP contribution in [0.4, 0.5) is 0 Å². The summed E-state index contributed by atoms with van der Waals surface area (Å²) in [6.45, 7) is 3.99. The normalized spacial score (nSPS) is 20.5. The van der Waals surface area contributed by atoms with Gasteiger partial charge in [0.15, 0.2) is 5.96 Å². The van der Waals surface area contributed by atoms with Crippen molar-refractivity contribution in [2.45, 2.75) is 51.2 Å². The summed E-state index contributed by atoms with van der Waals surface area (Å²) in [5.74, 6) is 1.55. The number of carbonyl (C=O) groups is 1. The highest BCUT2D eigenvalue weighted by Crippen LogP contribution is 2.18. The van der Waals surface area contributed by atoms with Gasteiger partial charge in [-0.15, -0.1) is 0 Å². The number of benzene rings is 1. The van der Waals surface area contributed by atoms with Crippen molar-refractivity contribution in [3.63, 3.8) is 0 Å². The number of nitrogens with one attached hydrogen (secondary N) is 2. The van der Waals surface area contributed by atoms with Crippen molar-refractivity contribution in [3.05, 3.63) is 35.9 Å². The maximum absolute atomic E-state index is 12.1. The first kappa shape index (κ1) is 20.6. The van der Waals surface area contributed by atoms with Gasteiger partial charge in [-0.3, -0.25) is 9.79 Å². The molecule has 1 atom stereocenters. The van der Waals surface area contributed by atoms with Crippen LogP contribution in [0.3, 0.4) is 0 Å². The van der Waals surface area contributed by atoms with Gasteiger partial charge in [0, 0.05) is 45.1 Å². The van der Waals surface area contributed by atoms with E-state index in [2.05, 4.69) is 32.7 Å². The van der Waals surface area contributed by atoms with Gasteiger partial charge < -0.3 is 20.3 Å². The van der Waals surface area contributed by atoms with E-state index in [0.29, 0.717) is 31.5 Å². The molecule has 2 fully saturated rings. The molecule has 6 heteroatoms. The van der Waals surface area contributed by atoms with E-state index in [9.17, 15) is 4.79 Å². The number of guanidine groups is 1. The van der Waals surface area contributed by atoms with Crippen LogP contribution >= 0.6 is 0 Å². The standard InChI is InChI=1S/C22H34N4O2/c1-23-22(24-13-11-21(27)25-20-9-5-6-10-20)26-14-12-19(15-26)17-28-16-18-7-3-2-4-8-18/h2-4,7-8,19-20H,5-6,9-17H2,1H3,(H,23,24)(H,25,27). The van der Waals surface area contributed by atoms with Gasteiger partial charge >= 0.3 is 0 Å². The lowest BCUT2D eigenvalue weighted by Crippen LogP contribution is -2.42. The zero-order valence-corrected chi connectivity index (χ0v) is 17.0. The molecule has 1 aromatic carbocycles. The van der Waals surface area contributed by atoms with E-state index in [-0.39, 0.29) is 5.91 Å². The van der Waals surface area contributed by atoms with Crippen molar-refractivity contribution in [3.8, 4) is 0 Å². The van der Waals surface area contributed by atoms with Crippen LogP contribution in [-0.4, -0.2) is 56.1 Å². The quantitative estimate of drug-likeness (QED) is 0.532. The van der Waals surface area contributed by atoms with Gasteiger partial charge in [-0.25, -0.2) is 0 Å². The average molecular weight is 387 g/mol. The van der Waals surface area contributed by atoms with Gasteiger partial charge in [0.1, 0.15) is 0 Å². The molecule has 1 saturated heterocycles. The van der Waals surface area contributed by atoms with Crippen LogP contribution in [0, 0.1) is 5.92 Å². The summed E-state index contributed by atoms with van der Waals surface area (Å²) >= 11 is 0. The van der Waals surface area contributed by atoms with Crippen LogP contribution in [-0.2, 0) is 16.1 Å². The molecule has 154 valence electrons. The molecule has 1 unspecified atom stereocenters. The molecule has 0 spiro atoms. The summed E-state index contributed by atoms with van der Waals surface area (Å²) < 4.78 is 5.90. The Balaban J connectivity index is 1.31. The van der Waals surface area contributed by atoms with E-state index in [0.717, 1.165) is 44.9 Å². The maximum atomic E-state index is 12.1. The Kier molecular flexibility index (Phi) is 8.15. The lowest BCUT2D eigenvalue weighted by Gasteiger charge is -2.22. The second-order valence-corrected chi connectivity index (χ2v) is 7.87. The van der Waals surface area contributed by atoms with Gasteiger partial charge in [-0.1, -0.05) is 43.2 Å². The molecule has 2 aliphatic rings. The summed E-state index contributed by atoms with van der Waals surface area (Å²) in [5, 5.41) is 6.48. The monoisotopic (exact) mass is 386 g/mol. The average Bonchev–Trinajstić information content (AvgIpc) is 3.38. The van der Waals surface area contributed by atoms with Crippen LogP contribution in [0.1, 0.15) is 44.1 Å². The summed E-state index contributed by atoms with van der Waals surface area (Å²) in [6.07, 6.45) is 6.33. The van der Waals surface area contributed by atoms with Crippen molar-refractivity contribution < 1.29 is 9.53 Å². The summed E-state index contributed by atoms with van der Waals surface area (Å²) in [5.41, 5.74) is 1.21. The number of rotatable bonds is 8. The van der Waals surface area contributed by atoms with E-state index >= 15 is 0 Å². The van der Waals surface area contributed by atoms with Crippen LogP contribution in [0.2, 0.25) is 0 Å². The minimum absolute atomic E-state index is 0.142. The van der Waals surface area contributed by atoms with Crippen molar-refractivity contribution in [1.29, 1.82) is 0 Å². The Morgan fingerprint density at radius 1 is 1.21 bits per heavy atom. The van der Waals surface area contributed by atoms with E-state index in [1.807, 2.05) is 18.2 Å². The van der Waals surface area contributed by atoms with E-state index in [1.54, 1.807) is 7.05 Å². The van der Waals surface area contributed by atoms with Gasteiger partial charge in [-0.05, 0) is 24.8 Å². The zero-order chi connectivity index (χ0) is 19.6. The molecule has 2 N–H and O–H groups in total. The fourth-order valence-electron chi connectivity index (χ4n) is 4.07. The van der Waals surface area contributed by atoms with Crippen LogP contribution < -0.4 is 10.6 Å². The Morgan fingerprint density at radius 3 is 2.75 bits per heavy atom. The summed E-state index contributed by atoms with van der Waals surface area (Å²) in [7, 11) is 1.81. The Bertz CT molecular complexity index is 629. The number of ether oxygens (including phenoxy) is 1. The first-order valence-electron chi connectivity index (χ1n) is 10.6. The van der Waals surface area contributed by atoms with Gasteiger partial charge in [0.2, 0.25) is 5.91 Å². The first-order chi connectivity index (χ1) is 13.7. The Labute approximate surface area is 168 Å². The minimum atomic E-state index is 0.142. The first-order valence-corrected chi connectivity index (χ1v) is 10.6. The molecule has 28 heavy (non-hydrogen) atoms. The number of nitrogens with zero attached hydrogens (tertiary/aromatic N) is 2. The third-order valence-corrected chi connectivity index (χ3v) is 5.62. The molecule has 1 aliphatic heterocycles. The molecule has 6 nitrogen and oxygen atoms in total. The highest BCUT2D eigenvalue weighted by molar-refractivity contribution is 5.81.